The highest BCUT2D eigenvalue weighted by Crippen LogP contribution is 2.42. The van der Waals surface area contributed by atoms with Crippen LogP contribution in [-0.4, -0.2) is 19.5 Å². The van der Waals surface area contributed by atoms with Gasteiger partial charge in [0.2, 0.25) is 0 Å². The van der Waals surface area contributed by atoms with Gasteiger partial charge in [0.1, 0.15) is 15.0 Å². The van der Waals surface area contributed by atoms with Gasteiger partial charge in [-0.05, 0) is 146 Å². The highest BCUT2D eigenvalue weighted by Gasteiger charge is 2.21. The summed E-state index contributed by atoms with van der Waals surface area (Å²) < 4.78 is 6.18. The molecule has 0 spiro atoms. The summed E-state index contributed by atoms with van der Waals surface area (Å²) in [7, 11) is 0. The van der Waals surface area contributed by atoms with Crippen molar-refractivity contribution in [2.24, 2.45) is 0 Å². The Balaban J connectivity index is 0.972. The van der Waals surface area contributed by atoms with Crippen LogP contribution in [-0.2, 0) is 0 Å². The molecule has 12 rings (SSSR count). The molecule has 2 saturated carbocycles. The van der Waals surface area contributed by atoms with Crippen molar-refractivity contribution in [1.29, 1.82) is 0 Å². The molecule has 2 aliphatic rings. The number of hydrogen-bond donors (Lipinski definition) is 0. The standard InChI is InChI=1S/C51H42N4S3/c1-3-9-31(10-4-1)34-20-26-47-43(29-34)54-51(57-47)37-19-25-45-40(28-37)39-27-36(50-53-42-23-17-35(30-48(42)58-50)32-11-5-2-6-12-32)18-24-44(39)55(45)38-21-15-33(16-22-38)49-52-41-13-7-8-14-46(41)56-49/h7-8,13-32H,1-6,9-12H2. The Kier molecular flexibility index (Phi) is 8.56. The zero-order chi connectivity index (χ0) is 38.2. The van der Waals surface area contributed by atoms with Gasteiger partial charge in [-0.15, -0.1) is 34.0 Å². The summed E-state index contributed by atoms with van der Waals surface area (Å²) in [5.74, 6) is 1.36. The highest BCUT2D eigenvalue weighted by atomic mass is 32.1. The molecule has 0 atom stereocenters. The zero-order valence-electron chi connectivity index (χ0n) is 32.3. The molecule has 4 nitrogen and oxygen atoms in total. The number of nitrogens with zero attached hydrogens (tertiary/aromatic N) is 4. The van der Waals surface area contributed by atoms with E-state index in [-0.39, 0.29) is 0 Å². The third-order valence-corrected chi connectivity index (χ3v) is 16.1. The van der Waals surface area contributed by atoms with Crippen molar-refractivity contribution in [2.75, 3.05) is 0 Å². The van der Waals surface area contributed by atoms with Gasteiger partial charge in [-0.3, -0.25) is 0 Å². The van der Waals surface area contributed by atoms with Crippen molar-refractivity contribution in [1.82, 2.24) is 19.5 Å². The van der Waals surface area contributed by atoms with Gasteiger partial charge in [0.25, 0.3) is 0 Å². The molecule has 0 unspecified atom stereocenters. The van der Waals surface area contributed by atoms with Crippen LogP contribution in [0.15, 0.2) is 121 Å². The fourth-order valence-electron chi connectivity index (χ4n) is 9.83. The molecule has 10 aromatic rings. The van der Waals surface area contributed by atoms with E-state index in [2.05, 4.69) is 126 Å². The van der Waals surface area contributed by atoms with Gasteiger partial charge in [0, 0.05) is 33.2 Å². The second kappa shape index (κ2) is 14.3. The van der Waals surface area contributed by atoms with Gasteiger partial charge in [-0.2, -0.15) is 0 Å². The fourth-order valence-corrected chi connectivity index (χ4v) is 12.8. The van der Waals surface area contributed by atoms with Crippen LogP contribution in [0, 0.1) is 0 Å². The van der Waals surface area contributed by atoms with Crippen LogP contribution in [0.5, 0.6) is 0 Å². The largest absolute Gasteiger partial charge is 0.309 e. The van der Waals surface area contributed by atoms with Crippen LogP contribution in [0.4, 0.5) is 0 Å². The minimum absolute atomic E-state index is 0.671. The van der Waals surface area contributed by atoms with Gasteiger partial charge >= 0.3 is 0 Å². The highest BCUT2D eigenvalue weighted by molar-refractivity contribution is 7.22. The minimum Gasteiger partial charge on any atom is -0.309 e. The molecular weight excluding hydrogens is 765 g/mol. The maximum atomic E-state index is 5.27. The van der Waals surface area contributed by atoms with E-state index in [4.69, 9.17) is 15.0 Å². The number of fused-ring (bicyclic) bond motifs is 6. The molecule has 2 aliphatic carbocycles. The molecule has 58 heavy (non-hydrogen) atoms. The Morgan fingerprint density at radius 2 is 0.931 bits per heavy atom. The van der Waals surface area contributed by atoms with Gasteiger partial charge in [-0.1, -0.05) is 62.8 Å². The Morgan fingerprint density at radius 1 is 0.414 bits per heavy atom. The summed E-state index contributed by atoms with van der Waals surface area (Å²) in [6.07, 6.45) is 13.3. The van der Waals surface area contributed by atoms with Crippen LogP contribution in [0.1, 0.15) is 87.2 Å². The van der Waals surface area contributed by atoms with Crippen molar-refractivity contribution >= 4 is 86.5 Å². The van der Waals surface area contributed by atoms with Crippen LogP contribution in [0.3, 0.4) is 0 Å². The number of aromatic nitrogens is 4. The van der Waals surface area contributed by atoms with Crippen LogP contribution >= 0.6 is 34.0 Å². The molecule has 7 heteroatoms. The second-order valence-electron chi connectivity index (χ2n) is 16.5. The van der Waals surface area contributed by atoms with E-state index < -0.39 is 0 Å². The van der Waals surface area contributed by atoms with E-state index in [0.29, 0.717) is 11.8 Å². The summed E-state index contributed by atoms with van der Waals surface area (Å²) in [5.41, 5.74) is 13.2. The van der Waals surface area contributed by atoms with E-state index in [1.54, 1.807) is 22.7 Å². The molecule has 6 aromatic carbocycles. The number of benzene rings is 6. The first-order chi connectivity index (χ1) is 28.7. The van der Waals surface area contributed by atoms with Crippen molar-refractivity contribution in [2.45, 2.75) is 76.0 Å². The smallest absolute Gasteiger partial charge is 0.124 e. The predicted octanol–water partition coefficient (Wildman–Crippen LogP) is 15.7. The lowest BCUT2D eigenvalue weighted by Gasteiger charge is -2.21. The van der Waals surface area contributed by atoms with Crippen LogP contribution < -0.4 is 0 Å². The first kappa shape index (κ1) is 34.8. The van der Waals surface area contributed by atoms with E-state index in [0.717, 1.165) is 42.8 Å². The van der Waals surface area contributed by atoms with Gasteiger partial charge < -0.3 is 4.57 Å². The van der Waals surface area contributed by atoms with Gasteiger partial charge in [0.15, 0.2) is 0 Å². The third-order valence-electron chi connectivity index (χ3n) is 12.9. The topological polar surface area (TPSA) is 43.6 Å². The summed E-state index contributed by atoms with van der Waals surface area (Å²) in [4.78, 5) is 15.4. The summed E-state index contributed by atoms with van der Waals surface area (Å²) >= 11 is 5.38. The molecule has 0 saturated heterocycles. The Hall–Kier alpha value is -5.21. The molecule has 2 fully saturated rings. The lowest BCUT2D eigenvalue weighted by molar-refractivity contribution is 0.444. The minimum atomic E-state index is 0.671. The summed E-state index contributed by atoms with van der Waals surface area (Å²) in [6, 6.07) is 45.3. The Labute approximate surface area is 349 Å². The SMILES string of the molecule is c1ccc2sc(-c3ccc(-n4c5ccc(-c6nc7cc(C8CCCCC8)ccc7s6)cc5c5cc(-c6nc7ccc(C8CCCCC8)cc7s6)ccc54)cc3)nc2c1. The number of rotatable bonds is 6. The average molecular weight is 807 g/mol. The molecule has 0 aliphatic heterocycles. The van der Waals surface area contributed by atoms with Crippen molar-refractivity contribution in [3.63, 3.8) is 0 Å². The lowest BCUT2D eigenvalue weighted by atomic mass is 9.84. The van der Waals surface area contributed by atoms with E-state index >= 15 is 0 Å². The first-order valence-electron chi connectivity index (χ1n) is 21.0. The number of para-hydroxylation sites is 1. The van der Waals surface area contributed by atoms with Crippen molar-refractivity contribution < 1.29 is 0 Å². The van der Waals surface area contributed by atoms with E-state index in [9.17, 15) is 0 Å². The molecular formula is C51H42N4S3. The maximum absolute atomic E-state index is 5.27. The maximum Gasteiger partial charge on any atom is 0.124 e. The fraction of sp³-hybridized carbons (Fsp3) is 0.235. The van der Waals surface area contributed by atoms with E-state index in [1.807, 2.05) is 11.3 Å². The second-order valence-corrected chi connectivity index (χ2v) is 19.6. The average Bonchev–Trinajstić information content (AvgIpc) is 4.09. The molecule has 284 valence electrons. The molecule has 0 N–H and O–H groups in total. The zero-order valence-corrected chi connectivity index (χ0v) is 34.7. The molecule has 0 radical (unpaired) electrons. The van der Waals surface area contributed by atoms with Crippen LogP contribution in [0.25, 0.3) is 89.9 Å². The van der Waals surface area contributed by atoms with Crippen molar-refractivity contribution in [3.8, 4) is 37.4 Å². The molecule has 0 bridgehead atoms. The van der Waals surface area contributed by atoms with Gasteiger partial charge in [0.05, 0.1) is 41.7 Å². The molecule has 0 amide bonds. The summed E-state index contributed by atoms with van der Waals surface area (Å²) in [5, 5.41) is 5.66. The Morgan fingerprint density at radius 3 is 1.59 bits per heavy atom. The normalized spacial score (nSPS) is 15.8. The first-order valence-corrected chi connectivity index (χ1v) is 23.5. The number of thiazole rings is 3. The molecule has 4 aromatic heterocycles. The third kappa shape index (κ3) is 6.09. The van der Waals surface area contributed by atoms with E-state index in [1.165, 1.54) is 122 Å². The van der Waals surface area contributed by atoms with Gasteiger partial charge in [-0.25, -0.2) is 15.0 Å². The monoisotopic (exact) mass is 806 g/mol. The quantitative estimate of drug-likeness (QED) is 0.168. The Bertz CT molecular complexity index is 2960. The predicted molar refractivity (Wildman–Crippen MR) is 248 cm³/mol. The number of hydrogen-bond acceptors (Lipinski definition) is 6. The van der Waals surface area contributed by atoms with Crippen LogP contribution in [0.2, 0.25) is 0 Å². The summed E-state index contributed by atoms with van der Waals surface area (Å²) in [6.45, 7) is 0. The molecule has 4 heterocycles. The lowest BCUT2D eigenvalue weighted by Crippen LogP contribution is -2.04. The van der Waals surface area contributed by atoms with Crippen molar-refractivity contribution in [3.05, 3.63) is 132 Å².